The number of rotatable bonds is 8. The van der Waals surface area contributed by atoms with E-state index < -0.39 is 34.4 Å². The SMILES string of the molecule is Cc1ccc(OCc2ccc(C(=O)Nc3c(C(N)=O)sc4nc(C(F)(F)F)cc(-c5ccc(F)cc5)c34)o2)c([N+](=O)[O-])c1. The number of nitrogens with zero attached hydrogens (tertiary/aromatic N) is 2. The van der Waals surface area contributed by atoms with Gasteiger partial charge in [-0.15, -0.1) is 11.3 Å². The number of aryl methyl sites for hydroxylation is 1. The minimum Gasteiger partial charge on any atom is -0.479 e. The number of nitrogens with one attached hydrogen (secondary N) is 1. The van der Waals surface area contributed by atoms with Crippen molar-refractivity contribution in [2.75, 3.05) is 5.32 Å². The first-order valence-electron chi connectivity index (χ1n) is 12.2. The Hall–Kier alpha value is -5.31. The molecule has 3 aromatic heterocycles. The molecule has 15 heteroatoms. The summed E-state index contributed by atoms with van der Waals surface area (Å²) in [4.78, 5) is 39.3. The Kier molecular flexibility index (Phi) is 7.58. The lowest BCUT2D eigenvalue weighted by Gasteiger charge is -2.12. The maximum Gasteiger partial charge on any atom is 0.433 e. The predicted molar refractivity (Wildman–Crippen MR) is 147 cm³/mol. The zero-order chi connectivity index (χ0) is 31.1. The van der Waals surface area contributed by atoms with Gasteiger partial charge in [0, 0.05) is 11.5 Å². The highest BCUT2D eigenvalue weighted by molar-refractivity contribution is 7.21. The Balaban J connectivity index is 1.49. The van der Waals surface area contributed by atoms with E-state index in [-0.39, 0.29) is 61.5 Å². The fraction of sp³-hybridized carbons (Fsp3) is 0.107. The number of furan rings is 1. The van der Waals surface area contributed by atoms with Crippen molar-refractivity contribution in [1.82, 2.24) is 4.98 Å². The van der Waals surface area contributed by atoms with Gasteiger partial charge >= 0.3 is 11.9 Å². The summed E-state index contributed by atoms with van der Waals surface area (Å²) in [6.07, 6.45) is -4.85. The number of pyridine rings is 1. The van der Waals surface area contributed by atoms with Crippen LogP contribution >= 0.6 is 11.3 Å². The minimum absolute atomic E-state index is 0.0199. The molecule has 0 bridgehead atoms. The van der Waals surface area contributed by atoms with Crippen LogP contribution in [0.4, 0.5) is 28.9 Å². The van der Waals surface area contributed by atoms with Crippen LogP contribution in [0.5, 0.6) is 5.75 Å². The lowest BCUT2D eigenvalue weighted by molar-refractivity contribution is -0.386. The standard InChI is InChI=1S/C28H18F4N4O6S/c1-13-2-8-19(18(10-13)36(39)40)41-12-16-7-9-20(42-16)26(38)35-23-22-17(14-3-5-15(29)6-4-14)11-21(28(30,31)32)34-27(22)43-24(23)25(33)37/h2-11H,12H2,1H3,(H2,33,37)(H,35,38). The van der Waals surface area contributed by atoms with Crippen molar-refractivity contribution in [2.24, 2.45) is 5.73 Å². The molecular weight excluding hydrogens is 596 g/mol. The second kappa shape index (κ2) is 11.2. The molecule has 0 spiro atoms. The molecule has 0 radical (unpaired) electrons. The van der Waals surface area contributed by atoms with Gasteiger partial charge in [0.2, 0.25) is 0 Å². The van der Waals surface area contributed by atoms with Crippen LogP contribution in [0.15, 0.2) is 65.1 Å². The van der Waals surface area contributed by atoms with Crippen molar-refractivity contribution in [1.29, 1.82) is 0 Å². The van der Waals surface area contributed by atoms with Crippen molar-refractivity contribution in [2.45, 2.75) is 19.7 Å². The van der Waals surface area contributed by atoms with Gasteiger partial charge in [0.25, 0.3) is 11.8 Å². The number of aromatic nitrogens is 1. The highest BCUT2D eigenvalue weighted by Gasteiger charge is 2.35. The first-order chi connectivity index (χ1) is 20.3. The number of hydrogen-bond donors (Lipinski definition) is 2. The number of amides is 2. The third kappa shape index (κ3) is 6.01. The van der Waals surface area contributed by atoms with Gasteiger partial charge in [0.15, 0.2) is 11.5 Å². The van der Waals surface area contributed by atoms with Gasteiger partial charge < -0.3 is 20.2 Å². The summed E-state index contributed by atoms with van der Waals surface area (Å²) >= 11 is 0.547. The van der Waals surface area contributed by atoms with Gasteiger partial charge in [-0.3, -0.25) is 19.7 Å². The minimum atomic E-state index is -4.85. The Morgan fingerprint density at radius 1 is 1.12 bits per heavy atom. The number of nitrogens with two attached hydrogens (primary N) is 1. The molecule has 0 unspecified atom stereocenters. The van der Waals surface area contributed by atoms with Crippen LogP contribution in [-0.2, 0) is 12.8 Å². The molecule has 0 saturated heterocycles. The smallest absolute Gasteiger partial charge is 0.433 e. The van der Waals surface area contributed by atoms with Gasteiger partial charge in [-0.25, -0.2) is 9.37 Å². The second-order valence-corrected chi connectivity index (χ2v) is 10.1. The fourth-order valence-corrected chi connectivity index (χ4v) is 5.19. The summed E-state index contributed by atoms with van der Waals surface area (Å²) in [6, 6.07) is 12.4. The van der Waals surface area contributed by atoms with Crippen LogP contribution in [0, 0.1) is 22.9 Å². The fourth-order valence-electron chi connectivity index (χ4n) is 4.19. The number of carbonyl (C=O) groups is 2. The summed E-state index contributed by atoms with van der Waals surface area (Å²) in [5.74, 6) is -2.72. The van der Waals surface area contributed by atoms with Crippen LogP contribution in [0.25, 0.3) is 21.3 Å². The lowest BCUT2D eigenvalue weighted by Crippen LogP contribution is -2.16. The molecule has 220 valence electrons. The maximum atomic E-state index is 13.7. The largest absolute Gasteiger partial charge is 0.479 e. The van der Waals surface area contributed by atoms with E-state index in [2.05, 4.69) is 10.3 Å². The number of nitro benzene ring substituents is 1. The van der Waals surface area contributed by atoms with E-state index in [1.165, 1.54) is 36.4 Å². The summed E-state index contributed by atoms with van der Waals surface area (Å²) < 4.78 is 65.7. The number of carbonyl (C=O) groups excluding carboxylic acids is 2. The molecule has 3 heterocycles. The van der Waals surface area contributed by atoms with Crippen LogP contribution in [-0.4, -0.2) is 21.7 Å². The number of ether oxygens (including phenoxy) is 1. The van der Waals surface area contributed by atoms with Crippen molar-refractivity contribution in [3.05, 3.63) is 104 Å². The van der Waals surface area contributed by atoms with E-state index >= 15 is 0 Å². The molecule has 0 aliphatic carbocycles. The van der Waals surface area contributed by atoms with E-state index in [1.807, 2.05) is 0 Å². The molecule has 0 atom stereocenters. The number of benzene rings is 2. The molecule has 2 aromatic carbocycles. The quantitative estimate of drug-likeness (QED) is 0.110. The van der Waals surface area contributed by atoms with E-state index in [4.69, 9.17) is 14.9 Å². The first-order valence-corrected chi connectivity index (χ1v) is 13.0. The average molecular weight is 615 g/mol. The summed E-state index contributed by atoms with van der Waals surface area (Å²) in [6.45, 7) is 1.41. The number of nitro groups is 1. The van der Waals surface area contributed by atoms with E-state index in [0.717, 1.165) is 18.2 Å². The maximum absolute atomic E-state index is 13.7. The van der Waals surface area contributed by atoms with E-state index in [9.17, 15) is 37.3 Å². The molecule has 0 fully saturated rings. The monoisotopic (exact) mass is 614 g/mol. The number of alkyl halides is 3. The van der Waals surface area contributed by atoms with Gasteiger partial charge in [0.05, 0.1) is 10.6 Å². The van der Waals surface area contributed by atoms with Gasteiger partial charge in [-0.05, 0) is 60.0 Å². The van der Waals surface area contributed by atoms with Crippen molar-refractivity contribution in [3.8, 4) is 16.9 Å². The molecule has 5 rings (SSSR count). The molecule has 0 saturated carbocycles. The molecule has 3 N–H and O–H groups in total. The topological polar surface area (TPSA) is 151 Å². The van der Waals surface area contributed by atoms with E-state index in [0.29, 0.717) is 16.9 Å². The normalized spacial score (nSPS) is 11.5. The van der Waals surface area contributed by atoms with Crippen molar-refractivity contribution < 1.29 is 41.2 Å². The molecule has 0 aliphatic rings. The molecule has 5 aromatic rings. The first kappa shape index (κ1) is 29.2. The Morgan fingerprint density at radius 3 is 2.49 bits per heavy atom. The third-order valence-corrected chi connectivity index (χ3v) is 7.23. The molecule has 10 nitrogen and oxygen atoms in total. The van der Waals surface area contributed by atoms with Crippen molar-refractivity contribution in [3.63, 3.8) is 0 Å². The second-order valence-electron chi connectivity index (χ2n) is 9.15. The number of halogens is 4. The summed E-state index contributed by atoms with van der Waals surface area (Å²) in [5, 5.41) is 13.8. The van der Waals surface area contributed by atoms with Gasteiger partial charge in [-0.1, -0.05) is 18.2 Å². The highest BCUT2D eigenvalue weighted by atomic mass is 32.1. The zero-order valence-electron chi connectivity index (χ0n) is 21.8. The Morgan fingerprint density at radius 2 is 1.84 bits per heavy atom. The van der Waals surface area contributed by atoms with Gasteiger partial charge in [0.1, 0.15) is 33.6 Å². The highest BCUT2D eigenvalue weighted by Crippen LogP contribution is 2.44. The van der Waals surface area contributed by atoms with Crippen LogP contribution < -0.4 is 15.8 Å². The number of anilines is 1. The number of primary amides is 1. The van der Waals surface area contributed by atoms with E-state index in [1.54, 1.807) is 13.0 Å². The lowest BCUT2D eigenvalue weighted by atomic mass is 10.0. The molecule has 2 amide bonds. The predicted octanol–water partition coefficient (Wildman–Crippen LogP) is 6.86. The van der Waals surface area contributed by atoms with Crippen LogP contribution in [0.3, 0.4) is 0 Å². The van der Waals surface area contributed by atoms with Gasteiger partial charge in [-0.2, -0.15) is 13.2 Å². The Labute approximate surface area is 242 Å². The number of fused-ring (bicyclic) bond motifs is 1. The molecule has 0 aliphatic heterocycles. The molecular formula is C28H18F4N4O6S. The zero-order valence-corrected chi connectivity index (χ0v) is 22.6. The van der Waals surface area contributed by atoms with Crippen LogP contribution in [0.1, 0.15) is 37.2 Å². The average Bonchev–Trinajstić information content (AvgIpc) is 3.57. The molecule has 43 heavy (non-hydrogen) atoms. The number of thiophene rings is 1. The number of hydrogen-bond acceptors (Lipinski definition) is 8. The van der Waals surface area contributed by atoms with Crippen molar-refractivity contribution >= 4 is 44.7 Å². The third-order valence-electron chi connectivity index (χ3n) is 6.14. The summed E-state index contributed by atoms with van der Waals surface area (Å²) in [5.41, 5.74) is 4.50. The summed E-state index contributed by atoms with van der Waals surface area (Å²) in [7, 11) is 0. The van der Waals surface area contributed by atoms with Crippen LogP contribution in [0.2, 0.25) is 0 Å². The Bertz CT molecular complexity index is 1900.